The topological polar surface area (TPSA) is 0 Å². The molecule has 1 aliphatic rings. The molecule has 0 heterocycles. The van der Waals surface area contributed by atoms with Crippen molar-refractivity contribution in [2.75, 3.05) is 0 Å². The van der Waals surface area contributed by atoms with Crippen LogP contribution in [0.25, 0.3) is 0 Å². The Bertz CT molecular complexity index is 71.1. The quantitative estimate of drug-likeness (QED) is 0.456. The van der Waals surface area contributed by atoms with Gasteiger partial charge in [-0.2, -0.15) is 6.08 Å². The average Bonchev–Trinajstić information content (AvgIpc) is 1.76. The molecule has 4 heteroatoms. The average molecular weight is 368 g/mol. The van der Waals surface area contributed by atoms with Crippen molar-refractivity contribution in [1.82, 2.24) is 0 Å². The maximum absolute atomic E-state index is 2.99. The molecule has 0 bridgehead atoms. The molecule has 1 rings (SSSR count). The zero-order valence-electron chi connectivity index (χ0n) is 5.66. The molecule has 0 fully saturated rings. The van der Waals surface area contributed by atoms with Gasteiger partial charge in [0.1, 0.15) is 0 Å². The molecule has 0 aliphatic heterocycles. The molecule has 0 aromatic heterocycles. The smallest absolute Gasteiger partial charge is 0 e. The van der Waals surface area contributed by atoms with Crippen LogP contribution in [0.4, 0.5) is 0 Å². The van der Waals surface area contributed by atoms with Crippen LogP contribution in [-0.2, 0) is 25.8 Å². The van der Waals surface area contributed by atoms with E-state index in [1.807, 2.05) is 12.2 Å². The van der Waals surface area contributed by atoms with Gasteiger partial charge in [-0.3, -0.25) is 6.08 Å². The molecule has 0 aromatic carbocycles. The Kier molecular flexibility index (Phi) is 68.0. The van der Waals surface area contributed by atoms with E-state index in [-0.39, 0.29) is 70.5 Å². The summed E-state index contributed by atoms with van der Waals surface area (Å²) in [4.78, 5) is 0. The summed E-state index contributed by atoms with van der Waals surface area (Å²) in [6.07, 6.45) is 10.0. The van der Waals surface area contributed by atoms with Crippen molar-refractivity contribution in [3.63, 3.8) is 0 Å². The van der Waals surface area contributed by atoms with E-state index in [0.29, 0.717) is 0 Å². The fourth-order valence-corrected chi connectivity index (χ4v) is 0.340. The Morgan fingerprint density at radius 3 is 1.70 bits per heavy atom. The number of halogens is 3. The Morgan fingerprint density at radius 1 is 1.10 bits per heavy atom. The summed E-state index contributed by atoms with van der Waals surface area (Å²) < 4.78 is 0. The first-order valence-electron chi connectivity index (χ1n) is 1.72. The fraction of sp³-hybridized carbons (Fsp3) is 0.167. The molecule has 1 aliphatic carbocycles. The van der Waals surface area contributed by atoms with Gasteiger partial charge in [0.05, 0.1) is 0 Å². The Morgan fingerprint density at radius 2 is 1.60 bits per heavy atom. The van der Waals surface area contributed by atoms with Crippen LogP contribution >= 0.6 is 37.2 Å². The molecule has 0 N–H and O–H groups in total. The van der Waals surface area contributed by atoms with Crippen molar-refractivity contribution >= 4 is 37.2 Å². The largest absolute Gasteiger partial charge is 0.358 e. The first kappa shape index (κ1) is 30.3. The molecule has 0 atom stereocenters. The molecule has 10 heavy (non-hydrogen) atoms. The SMILES string of the molecule is Cl.Cl.Cl.[C-]1=CC=CC1.[CH3-].[Hf]. The predicted molar refractivity (Wildman–Crippen MR) is 49.7 cm³/mol. The summed E-state index contributed by atoms with van der Waals surface area (Å²) in [7, 11) is 0. The molecular weight excluding hydrogens is 357 g/mol. The summed E-state index contributed by atoms with van der Waals surface area (Å²) >= 11 is 0. The number of allylic oxidation sites excluding steroid dienone is 4. The minimum atomic E-state index is 0. The second-order valence-electron chi connectivity index (χ2n) is 1.00. The van der Waals surface area contributed by atoms with Crippen molar-refractivity contribution in [2.24, 2.45) is 0 Å². The van der Waals surface area contributed by atoms with Crippen LogP contribution in [0.15, 0.2) is 18.2 Å². The Labute approximate surface area is 101 Å². The molecule has 0 saturated heterocycles. The van der Waals surface area contributed by atoms with E-state index in [4.69, 9.17) is 0 Å². The van der Waals surface area contributed by atoms with E-state index < -0.39 is 0 Å². The third-order valence-corrected chi connectivity index (χ3v) is 0.586. The van der Waals surface area contributed by atoms with Crippen LogP contribution < -0.4 is 0 Å². The summed E-state index contributed by atoms with van der Waals surface area (Å²) in [6.45, 7) is 0. The van der Waals surface area contributed by atoms with Crippen LogP contribution in [0, 0.1) is 13.5 Å². The molecule has 0 aromatic rings. The maximum atomic E-state index is 2.99. The molecule has 0 saturated carbocycles. The molecule has 0 nitrogen and oxygen atoms in total. The van der Waals surface area contributed by atoms with Crippen molar-refractivity contribution < 1.29 is 25.8 Å². The van der Waals surface area contributed by atoms with Gasteiger partial charge in [-0.25, -0.2) is 12.2 Å². The molecule has 0 radical (unpaired) electrons. The first-order valence-corrected chi connectivity index (χ1v) is 1.72. The molecular formula is C6H11Cl3Hf-2. The van der Waals surface area contributed by atoms with Crippen LogP contribution in [0.5, 0.6) is 0 Å². The molecule has 0 unspecified atom stereocenters. The van der Waals surface area contributed by atoms with E-state index in [2.05, 4.69) is 12.2 Å². The minimum Gasteiger partial charge on any atom is -0.358 e. The summed E-state index contributed by atoms with van der Waals surface area (Å²) in [6, 6.07) is 0. The van der Waals surface area contributed by atoms with Gasteiger partial charge in [-0.15, -0.1) is 43.6 Å². The van der Waals surface area contributed by atoms with E-state index in [0.717, 1.165) is 6.42 Å². The van der Waals surface area contributed by atoms with Crippen LogP contribution in [0.2, 0.25) is 0 Å². The standard InChI is InChI=1S/C5H5.CH3.3ClH.Hf/c1-2-4-5-3-1;;;;;/h1-3H,4H2;1H3;3*1H;/q2*-1;;;;. The van der Waals surface area contributed by atoms with Crippen molar-refractivity contribution in [3.8, 4) is 0 Å². The van der Waals surface area contributed by atoms with Crippen molar-refractivity contribution in [1.29, 1.82) is 0 Å². The normalized spacial score (nSPS) is 8.80. The summed E-state index contributed by atoms with van der Waals surface area (Å²) in [5.74, 6) is 0. The second kappa shape index (κ2) is 22.5. The number of hydrogen-bond donors (Lipinski definition) is 0. The summed E-state index contributed by atoms with van der Waals surface area (Å²) in [5, 5.41) is 0. The van der Waals surface area contributed by atoms with E-state index in [1.165, 1.54) is 0 Å². The Hall–Kier alpha value is 1.22. The van der Waals surface area contributed by atoms with Gasteiger partial charge >= 0.3 is 0 Å². The first-order chi connectivity index (χ1) is 2.50. The summed E-state index contributed by atoms with van der Waals surface area (Å²) in [5.41, 5.74) is 0. The van der Waals surface area contributed by atoms with Crippen molar-refractivity contribution in [2.45, 2.75) is 6.42 Å². The van der Waals surface area contributed by atoms with Crippen molar-refractivity contribution in [3.05, 3.63) is 31.7 Å². The predicted octanol–water partition coefficient (Wildman–Crippen LogP) is 3.02. The molecule has 62 valence electrons. The zero-order valence-corrected chi connectivity index (χ0v) is 11.7. The molecule has 0 spiro atoms. The zero-order chi connectivity index (χ0) is 3.54. The monoisotopic (exact) mass is 368 g/mol. The van der Waals surface area contributed by atoms with Crippen LogP contribution in [0.1, 0.15) is 6.42 Å². The van der Waals surface area contributed by atoms with Gasteiger partial charge in [0.25, 0.3) is 0 Å². The van der Waals surface area contributed by atoms with Gasteiger partial charge < -0.3 is 7.43 Å². The maximum Gasteiger partial charge on any atom is 0 e. The fourth-order valence-electron chi connectivity index (χ4n) is 0.340. The molecule has 0 amide bonds. The van der Waals surface area contributed by atoms with E-state index in [1.54, 1.807) is 0 Å². The van der Waals surface area contributed by atoms with Gasteiger partial charge in [0, 0.05) is 25.8 Å². The van der Waals surface area contributed by atoms with Gasteiger partial charge in [0.15, 0.2) is 0 Å². The Balaban J connectivity index is -0.0000000167. The number of hydrogen-bond acceptors (Lipinski definition) is 0. The van der Waals surface area contributed by atoms with Gasteiger partial charge in [-0.1, -0.05) is 0 Å². The van der Waals surface area contributed by atoms with Gasteiger partial charge in [-0.05, 0) is 0 Å². The third-order valence-electron chi connectivity index (χ3n) is 0.586. The van der Waals surface area contributed by atoms with E-state index >= 15 is 0 Å². The third kappa shape index (κ3) is 16.1. The number of rotatable bonds is 0. The van der Waals surface area contributed by atoms with Gasteiger partial charge in [0.2, 0.25) is 0 Å². The second-order valence-corrected chi connectivity index (χ2v) is 1.00. The van der Waals surface area contributed by atoms with Crippen LogP contribution in [-0.4, -0.2) is 0 Å². The minimum absolute atomic E-state index is 0. The van der Waals surface area contributed by atoms with Crippen LogP contribution in [0.3, 0.4) is 0 Å². The van der Waals surface area contributed by atoms with E-state index in [9.17, 15) is 0 Å².